The summed E-state index contributed by atoms with van der Waals surface area (Å²) in [5, 5.41) is -0.00498. The number of alkyl halides is 3. The summed E-state index contributed by atoms with van der Waals surface area (Å²) in [6.07, 6.45) is -0.201. The molecule has 0 saturated carbocycles. The van der Waals surface area contributed by atoms with Gasteiger partial charge in [0, 0.05) is 38.3 Å². The van der Waals surface area contributed by atoms with Crippen molar-refractivity contribution >= 4 is 23.3 Å². The van der Waals surface area contributed by atoms with Crippen molar-refractivity contribution in [3.8, 4) is 0 Å². The lowest BCUT2D eigenvalue weighted by atomic mass is 9.92. The van der Waals surface area contributed by atoms with Crippen LogP contribution in [0.4, 0.5) is 19.0 Å². The molecule has 0 bridgehead atoms. The highest BCUT2D eigenvalue weighted by molar-refractivity contribution is 6.33. The Labute approximate surface area is 156 Å². The molecule has 0 aliphatic carbocycles. The molecule has 2 fully saturated rings. The second-order valence-electron chi connectivity index (χ2n) is 7.30. The average molecular weight is 390 g/mol. The molecular formula is C18H23ClF3N3O. The number of hydrogen-bond donors (Lipinski definition) is 0. The predicted molar refractivity (Wildman–Crippen MR) is 94.2 cm³/mol. The van der Waals surface area contributed by atoms with Crippen molar-refractivity contribution in [1.29, 1.82) is 0 Å². The van der Waals surface area contributed by atoms with Gasteiger partial charge in [-0.2, -0.15) is 13.2 Å². The number of hydrogen-bond acceptors (Lipinski definition) is 3. The van der Waals surface area contributed by atoms with E-state index in [9.17, 15) is 18.0 Å². The third kappa shape index (κ3) is 4.24. The molecule has 4 nitrogen and oxygen atoms in total. The molecule has 2 aliphatic rings. The van der Waals surface area contributed by atoms with Crippen molar-refractivity contribution in [3.05, 3.63) is 22.8 Å². The maximum absolute atomic E-state index is 12.7. The topological polar surface area (TPSA) is 36.4 Å². The maximum Gasteiger partial charge on any atom is 0.417 e. The molecular weight excluding hydrogens is 367 g/mol. The monoisotopic (exact) mass is 389 g/mol. The number of nitrogens with zero attached hydrogens (tertiary/aromatic N) is 3. The van der Waals surface area contributed by atoms with Crippen LogP contribution in [-0.2, 0) is 11.0 Å². The SMILES string of the molecule is CC1CCN(C(=O)C2CCN(c3ncc(C(F)(F)F)cc3Cl)CC2)CC1. The Bertz CT molecular complexity index is 652. The Morgan fingerprint density at radius 3 is 2.31 bits per heavy atom. The lowest BCUT2D eigenvalue weighted by molar-refractivity contribution is -0.138. The summed E-state index contributed by atoms with van der Waals surface area (Å²) >= 11 is 6.02. The number of halogens is 4. The molecule has 0 spiro atoms. The number of carbonyl (C=O) groups excluding carboxylic acids is 1. The number of anilines is 1. The van der Waals surface area contributed by atoms with Gasteiger partial charge in [-0.25, -0.2) is 4.98 Å². The summed E-state index contributed by atoms with van der Waals surface area (Å²) in [5.74, 6) is 1.22. The number of rotatable bonds is 2. The van der Waals surface area contributed by atoms with Gasteiger partial charge in [0.25, 0.3) is 0 Å². The summed E-state index contributed by atoms with van der Waals surface area (Å²) < 4.78 is 38.2. The van der Waals surface area contributed by atoms with Crippen LogP contribution in [0.5, 0.6) is 0 Å². The fourth-order valence-corrected chi connectivity index (χ4v) is 3.93. The molecule has 0 N–H and O–H groups in total. The zero-order valence-corrected chi connectivity index (χ0v) is 15.5. The van der Waals surface area contributed by atoms with E-state index in [2.05, 4.69) is 11.9 Å². The van der Waals surface area contributed by atoms with Crippen LogP contribution in [0.2, 0.25) is 5.02 Å². The van der Waals surface area contributed by atoms with E-state index < -0.39 is 11.7 Å². The molecule has 1 aromatic heterocycles. The first kappa shape index (κ1) is 19.3. The number of amides is 1. The standard InChI is InChI=1S/C18H23ClF3N3O/c1-12-2-6-25(7-3-12)17(26)13-4-8-24(9-5-13)16-15(19)10-14(11-23-16)18(20,21)22/h10-13H,2-9H2,1H3. The molecule has 0 unspecified atom stereocenters. The predicted octanol–water partition coefficient (Wildman–Crippen LogP) is 4.23. The highest BCUT2D eigenvalue weighted by Gasteiger charge is 2.34. The number of pyridine rings is 1. The van der Waals surface area contributed by atoms with Gasteiger partial charge >= 0.3 is 6.18 Å². The lowest BCUT2D eigenvalue weighted by Gasteiger charge is -2.37. The first-order valence-electron chi connectivity index (χ1n) is 9.02. The van der Waals surface area contributed by atoms with E-state index in [1.807, 2.05) is 9.80 Å². The summed E-state index contributed by atoms with van der Waals surface area (Å²) in [6.45, 7) is 5.00. The Hall–Kier alpha value is -1.50. The van der Waals surface area contributed by atoms with Gasteiger partial charge in [-0.15, -0.1) is 0 Å². The van der Waals surface area contributed by atoms with E-state index in [-0.39, 0.29) is 16.8 Å². The summed E-state index contributed by atoms with van der Waals surface area (Å²) in [6, 6.07) is 0.913. The van der Waals surface area contributed by atoms with Crippen molar-refractivity contribution in [2.75, 3.05) is 31.1 Å². The van der Waals surface area contributed by atoms with Crippen LogP contribution < -0.4 is 4.90 Å². The second kappa shape index (κ2) is 7.62. The minimum atomic E-state index is -4.46. The van der Waals surface area contributed by atoms with Gasteiger partial charge in [0.05, 0.1) is 10.6 Å². The van der Waals surface area contributed by atoms with Crippen molar-refractivity contribution in [2.24, 2.45) is 11.8 Å². The van der Waals surface area contributed by atoms with Gasteiger partial charge in [-0.1, -0.05) is 18.5 Å². The molecule has 3 heterocycles. The van der Waals surface area contributed by atoms with Gasteiger partial charge in [-0.05, 0) is 37.7 Å². The molecule has 0 atom stereocenters. The molecule has 3 rings (SSSR count). The van der Waals surface area contributed by atoms with E-state index in [1.54, 1.807) is 0 Å². The molecule has 2 aliphatic heterocycles. The van der Waals surface area contributed by atoms with Crippen LogP contribution >= 0.6 is 11.6 Å². The van der Waals surface area contributed by atoms with Gasteiger partial charge in [0.2, 0.25) is 5.91 Å². The van der Waals surface area contributed by atoms with E-state index >= 15 is 0 Å². The molecule has 26 heavy (non-hydrogen) atoms. The minimum Gasteiger partial charge on any atom is -0.355 e. The average Bonchev–Trinajstić information content (AvgIpc) is 2.61. The summed E-state index contributed by atoms with van der Waals surface area (Å²) in [5.41, 5.74) is -0.851. The molecule has 0 aromatic carbocycles. The van der Waals surface area contributed by atoms with E-state index in [4.69, 9.17) is 11.6 Å². The fourth-order valence-electron chi connectivity index (χ4n) is 3.64. The normalized spacial score (nSPS) is 20.5. The van der Waals surface area contributed by atoms with Crippen LogP contribution in [0, 0.1) is 11.8 Å². The van der Waals surface area contributed by atoms with E-state index in [0.717, 1.165) is 38.2 Å². The van der Waals surface area contributed by atoms with Crippen LogP contribution in [0.1, 0.15) is 38.2 Å². The largest absolute Gasteiger partial charge is 0.417 e. The zero-order valence-electron chi connectivity index (χ0n) is 14.7. The fraction of sp³-hybridized carbons (Fsp3) is 0.667. The molecule has 1 amide bonds. The molecule has 0 radical (unpaired) electrons. The number of carbonyl (C=O) groups is 1. The zero-order chi connectivity index (χ0) is 18.9. The van der Waals surface area contributed by atoms with Crippen LogP contribution in [0.3, 0.4) is 0 Å². The van der Waals surface area contributed by atoms with Gasteiger partial charge < -0.3 is 9.80 Å². The third-order valence-corrected chi connectivity index (χ3v) is 5.67. The maximum atomic E-state index is 12.7. The van der Waals surface area contributed by atoms with Crippen molar-refractivity contribution in [2.45, 2.75) is 38.8 Å². The molecule has 8 heteroatoms. The highest BCUT2D eigenvalue weighted by atomic mass is 35.5. The third-order valence-electron chi connectivity index (χ3n) is 5.39. The van der Waals surface area contributed by atoms with Crippen LogP contribution in [-0.4, -0.2) is 42.0 Å². The highest BCUT2D eigenvalue weighted by Crippen LogP contribution is 2.35. The Morgan fingerprint density at radius 2 is 1.77 bits per heavy atom. The van der Waals surface area contributed by atoms with Crippen LogP contribution in [0.15, 0.2) is 12.3 Å². The quantitative estimate of drug-likeness (QED) is 0.759. The van der Waals surface area contributed by atoms with Crippen molar-refractivity contribution < 1.29 is 18.0 Å². The smallest absolute Gasteiger partial charge is 0.355 e. The Balaban J connectivity index is 1.59. The van der Waals surface area contributed by atoms with Crippen LogP contribution in [0.25, 0.3) is 0 Å². The number of aromatic nitrogens is 1. The van der Waals surface area contributed by atoms with E-state index in [0.29, 0.717) is 37.7 Å². The van der Waals surface area contributed by atoms with Gasteiger partial charge in [0.15, 0.2) is 0 Å². The lowest BCUT2D eigenvalue weighted by Crippen LogP contribution is -2.45. The van der Waals surface area contributed by atoms with Gasteiger partial charge in [-0.3, -0.25) is 4.79 Å². The van der Waals surface area contributed by atoms with Crippen molar-refractivity contribution in [1.82, 2.24) is 9.88 Å². The molecule has 2 saturated heterocycles. The van der Waals surface area contributed by atoms with Crippen molar-refractivity contribution in [3.63, 3.8) is 0 Å². The number of likely N-dealkylation sites (tertiary alicyclic amines) is 1. The van der Waals surface area contributed by atoms with E-state index in [1.165, 1.54) is 0 Å². The van der Waals surface area contributed by atoms with Gasteiger partial charge in [0.1, 0.15) is 5.82 Å². The first-order valence-corrected chi connectivity index (χ1v) is 9.40. The Kier molecular flexibility index (Phi) is 5.65. The summed E-state index contributed by atoms with van der Waals surface area (Å²) in [4.78, 5) is 20.4. The molecule has 144 valence electrons. The number of piperidine rings is 2. The second-order valence-corrected chi connectivity index (χ2v) is 7.70. The summed E-state index contributed by atoms with van der Waals surface area (Å²) in [7, 11) is 0. The molecule has 1 aromatic rings. The first-order chi connectivity index (χ1) is 12.3. The minimum absolute atomic E-state index is 0.00498. The Morgan fingerprint density at radius 1 is 1.15 bits per heavy atom.